The third kappa shape index (κ3) is 2.70. The van der Waals surface area contributed by atoms with Gasteiger partial charge in [-0.2, -0.15) is 0 Å². The summed E-state index contributed by atoms with van der Waals surface area (Å²) in [5.74, 6) is 0.812. The molecule has 0 aromatic heterocycles. The van der Waals surface area contributed by atoms with E-state index < -0.39 is 0 Å². The van der Waals surface area contributed by atoms with Gasteiger partial charge >= 0.3 is 0 Å². The second kappa shape index (κ2) is 5.74. The number of benzene rings is 2. The highest BCUT2D eigenvalue weighted by Gasteiger charge is 2.45. The molecule has 0 saturated heterocycles. The minimum Gasteiger partial charge on any atom is -0.0840 e. The van der Waals surface area contributed by atoms with Gasteiger partial charge in [0.25, 0.3) is 0 Å². The van der Waals surface area contributed by atoms with Crippen LogP contribution in [0.3, 0.4) is 0 Å². The lowest BCUT2D eigenvalue weighted by molar-refractivity contribution is 0.110. The predicted molar refractivity (Wildman–Crippen MR) is 93.6 cm³/mol. The number of rotatable bonds is 3. The van der Waals surface area contributed by atoms with E-state index in [4.69, 9.17) is 11.6 Å². The summed E-state index contributed by atoms with van der Waals surface area (Å²) in [7, 11) is 0. The molecule has 2 aromatic rings. The molecule has 2 fully saturated rings. The van der Waals surface area contributed by atoms with Crippen LogP contribution in [0, 0.1) is 5.41 Å². The Hall–Kier alpha value is -1.27. The first-order valence-electron chi connectivity index (χ1n) is 8.56. The molecular formula is C21H23Cl. The molecule has 0 amide bonds. The monoisotopic (exact) mass is 310 g/mol. The van der Waals surface area contributed by atoms with Gasteiger partial charge in [-0.3, -0.25) is 0 Å². The molecule has 2 aromatic carbocycles. The highest BCUT2D eigenvalue weighted by Crippen LogP contribution is 2.59. The highest BCUT2D eigenvalue weighted by molar-refractivity contribution is 6.31. The average molecular weight is 311 g/mol. The van der Waals surface area contributed by atoms with E-state index in [9.17, 15) is 0 Å². The third-order valence-corrected chi connectivity index (χ3v) is 6.20. The molecule has 0 heterocycles. The van der Waals surface area contributed by atoms with Crippen LogP contribution in [0.5, 0.6) is 0 Å². The Balaban J connectivity index is 1.42. The van der Waals surface area contributed by atoms with E-state index >= 15 is 0 Å². The normalized spacial score (nSPS) is 20.2. The fourth-order valence-corrected chi connectivity index (χ4v) is 4.73. The number of hydrogen-bond donors (Lipinski definition) is 0. The van der Waals surface area contributed by atoms with Gasteiger partial charge in [0.15, 0.2) is 0 Å². The van der Waals surface area contributed by atoms with Gasteiger partial charge in [-0.1, -0.05) is 66.9 Å². The van der Waals surface area contributed by atoms with Gasteiger partial charge in [0, 0.05) is 5.02 Å². The smallest absolute Gasteiger partial charge is 0.0441 e. The van der Waals surface area contributed by atoms with Crippen molar-refractivity contribution in [2.24, 2.45) is 5.41 Å². The molecule has 22 heavy (non-hydrogen) atoms. The van der Waals surface area contributed by atoms with Crippen LogP contribution in [0.1, 0.15) is 61.1 Å². The van der Waals surface area contributed by atoms with Crippen molar-refractivity contribution in [2.45, 2.75) is 50.9 Å². The van der Waals surface area contributed by atoms with E-state index in [0.29, 0.717) is 0 Å². The second-order valence-corrected chi connectivity index (χ2v) is 7.73. The lowest BCUT2D eigenvalue weighted by Crippen LogP contribution is -2.33. The molecule has 1 heteroatoms. The van der Waals surface area contributed by atoms with Gasteiger partial charge in [-0.05, 0) is 66.2 Å². The van der Waals surface area contributed by atoms with Gasteiger partial charge in [0.1, 0.15) is 0 Å². The molecule has 0 unspecified atom stereocenters. The maximum Gasteiger partial charge on any atom is 0.0441 e. The Kier molecular flexibility index (Phi) is 3.74. The molecular weight excluding hydrogens is 288 g/mol. The van der Waals surface area contributed by atoms with Crippen molar-refractivity contribution in [3.8, 4) is 0 Å². The fraction of sp³-hybridized carbons (Fsp3) is 0.429. The summed E-state index contributed by atoms with van der Waals surface area (Å²) in [6, 6.07) is 17.4. The van der Waals surface area contributed by atoms with Crippen LogP contribution in [-0.4, -0.2) is 0 Å². The Bertz CT molecular complexity index is 642. The van der Waals surface area contributed by atoms with Crippen LogP contribution >= 0.6 is 11.6 Å². The molecule has 4 rings (SSSR count). The first-order chi connectivity index (χ1) is 10.7. The van der Waals surface area contributed by atoms with Crippen LogP contribution < -0.4 is 0 Å². The van der Waals surface area contributed by atoms with Gasteiger partial charge < -0.3 is 0 Å². The molecule has 0 aliphatic heterocycles. The molecule has 114 valence electrons. The molecule has 2 saturated carbocycles. The van der Waals surface area contributed by atoms with Crippen LogP contribution in [0.2, 0.25) is 5.02 Å². The Morgan fingerprint density at radius 1 is 0.909 bits per heavy atom. The van der Waals surface area contributed by atoms with Crippen molar-refractivity contribution in [1.82, 2.24) is 0 Å². The van der Waals surface area contributed by atoms with Crippen molar-refractivity contribution >= 4 is 11.6 Å². The van der Waals surface area contributed by atoms with Crippen LogP contribution in [-0.2, 0) is 6.42 Å². The lowest BCUT2D eigenvalue weighted by Gasteiger charge is -2.46. The zero-order valence-corrected chi connectivity index (χ0v) is 13.8. The van der Waals surface area contributed by atoms with E-state index in [1.807, 2.05) is 12.1 Å². The van der Waals surface area contributed by atoms with Crippen LogP contribution in [0.4, 0.5) is 0 Å². The summed E-state index contributed by atoms with van der Waals surface area (Å²) >= 11 is 6.26. The zero-order chi connectivity index (χ0) is 15.0. The number of hydrogen-bond acceptors (Lipinski definition) is 0. The molecule has 2 aliphatic rings. The Morgan fingerprint density at radius 2 is 1.59 bits per heavy atom. The molecule has 2 aliphatic carbocycles. The standard InChI is InChI=1S/C21H23Cl/c22-20-6-2-1-5-18(20)13-16-7-9-17(10-8-16)19-14-21(15-19)11-3-4-12-21/h1-2,5-10,19H,3-4,11-15H2. The lowest BCUT2D eigenvalue weighted by atomic mass is 9.59. The number of halogens is 1. The molecule has 0 radical (unpaired) electrons. The van der Waals surface area contributed by atoms with Crippen LogP contribution in [0.25, 0.3) is 0 Å². The quantitative estimate of drug-likeness (QED) is 0.618. The van der Waals surface area contributed by atoms with E-state index in [0.717, 1.165) is 22.8 Å². The molecule has 0 bridgehead atoms. The van der Waals surface area contributed by atoms with Gasteiger partial charge in [-0.25, -0.2) is 0 Å². The van der Waals surface area contributed by atoms with E-state index in [1.54, 1.807) is 5.56 Å². The zero-order valence-electron chi connectivity index (χ0n) is 13.0. The summed E-state index contributed by atoms with van der Waals surface area (Å²) in [5.41, 5.74) is 4.85. The van der Waals surface area contributed by atoms with Crippen molar-refractivity contribution in [2.75, 3.05) is 0 Å². The minimum atomic E-state index is 0.737. The Morgan fingerprint density at radius 3 is 2.27 bits per heavy atom. The summed E-state index contributed by atoms with van der Waals surface area (Å²) in [6.07, 6.45) is 9.66. The third-order valence-electron chi connectivity index (χ3n) is 5.83. The largest absolute Gasteiger partial charge is 0.0840 e. The van der Waals surface area contributed by atoms with Crippen molar-refractivity contribution in [1.29, 1.82) is 0 Å². The maximum atomic E-state index is 6.26. The molecule has 1 spiro atoms. The van der Waals surface area contributed by atoms with E-state index in [-0.39, 0.29) is 0 Å². The summed E-state index contributed by atoms with van der Waals surface area (Å²) in [6.45, 7) is 0. The average Bonchev–Trinajstić information content (AvgIpc) is 2.99. The van der Waals surface area contributed by atoms with Gasteiger partial charge in [0.05, 0.1) is 0 Å². The molecule has 0 N–H and O–H groups in total. The SMILES string of the molecule is Clc1ccccc1Cc1ccc(C2CC3(CCCC3)C2)cc1. The van der Waals surface area contributed by atoms with E-state index in [2.05, 4.69) is 36.4 Å². The minimum absolute atomic E-state index is 0.737. The molecule has 0 atom stereocenters. The van der Waals surface area contributed by atoms with Crippen LogP contribution in [0.15, 0.2) is 48.5 Å². The van der Waals surface area contributed by atoms with Crippen molar-refractivity contribution < 1.29 is 0 Å². The van der Waals surface area contributed by atoms with Crippen molar-refractivity contribution in [3.05, 3.63) is 70.2 Å². The molecule has 0 nitrogen and oxygen atoms in total. The predicted octanol–water partition coefficient (Wildman–Crippen LogP) is 6.37. The van der Waals surface area contributed by atoms with Gasteiger partial charge in [0.2, 0.25) is 0 Å². The summed E-state index contributed by atoms with van der Waals surface area (Å²) in [5, 5.41) is 0.869. The second-order valence-electron chi connectivity index (χ2n) is 7.32. The summed E-state index contributed by atoms with van der Waals surface area (Å²) in [4.78, 5) is 0. The van der Waals surface area contributed by atoms with Crippen molar-refractivity contribution in [3.63, 3.8) is 0 Å². The topological polar surface area (TPSA) is 0 Å². The van der Waals surface area contributed by atoms with E-state index in [1.165, 1.54) is 49.7 Å². The van der Waals surface area contributed by atoms with Gasteiger partial charge in [-0.15, -0.1) is 0 Å². The maximum absolute atomic E-state index is 6.26. The first kappa shape index (κ1) is 14.3. The first-order valence-corrected chi connectivity index (χ1v) is 8.94. The summed E-state index contributed by atoms with van der Waals surface area (Å²) < 4.78 is 0. The fourth-order valence-electron chi connectivity index (χ4n) is 4.52. The Labute approximate surface area is 138 Å². The highest BCUT2D eigenvalue weighted by atomic mass is 35.5.